The zero-order valence-corrected chi connectivity index (χ0v) is 36.7. The molecule has 0 bridgehead atoms. The fourth-order valence-corrected chi connectivity index (χ4v) is 14.5. The number of aromatic nitrogens is 2. The molecule has 312 valence electrons. The number of ether oxygens (including phenoxy) is 2. The Morgan fingerprint density at radius 1 is 0.525 bits per heavy atom. The molecule has 2 atom stereocenters. The lowest BCUT2D eigenvalue weighted by Gasteiger charge is -2.35. The van der Waals surface area contributed by atoms with Crippen LogP contribution in [0.4, 0.5) is 0 Å². The van der Waals surface area contributed by atoms with Gasteiger partial charge in [-0.25, -0.2) is 19.6 Å². The summed E-state index contributed by atoms with van der Waals surface area (Å²) in [6.07, 6.45) is 13.8. The van der Waals surface area contributed by atoms with Crippen molar-refractivity contribution in [3.8, 4) is 33.8 Å². The van der Waals surface area contributed by atoms with Gasteiger partial charge < -0.3 is 31.3 Å². The van der Waals surface area contributed by atoms with Crippen molar-refractivity contribution in [2.75, 3.05) is 27.4 Å². The first-order valence-corrected chi connectivity index (χ1v) is 25.8. The minimum Gasteiger partial charge on any atom is -0.494 e. The Labute approximate surface area is 348 Å². The molecule has 0 N–H and O–H groups in total. The Morgan fingerprint density at radius 3 is 1.39 bits per heavy atom. The number of pyridine rings is 2. The fourth-order valence-electron chi connectivity index (χ4n) is 7.20. The maximum absolute atomic E-state index is 12.6. The van der Waals surface area contributed by atoms with Gasteiger partial charge in [0.15, 0.2) is 0 Å². The van der Waals surface area contributed by atoms with Gasteiger partial charge in [-0.3, -0.25) is 0 Å². The highest BCUT2D eigenvalue weighted by Crippen LogP contribution is 2.29. The van der Waals surface area contributed by atoms with Gasteiger partial charge in [0.2, 0.25) is 11.4 Å². The summed E-state index contributed by atoms with van der Waals surface area (Å²) in [5.41, 5.74) is 2.34. The third-order valence-electron chi connectivity index (χ3n) is 10.7. The van der Waals surface area contributed by atoms with Crippen molar-refractivity contribution >= 4 is 39.3 Å². The lowest BCUT2D eigenvalue weighted by molar-refractivity contribution is 0.238. The molecule has 13 heteroatoms. The zero-order valence-electron chi connectivity index (χ0n) is 34.7. The highest BCUT2D eigenvalue weighted by molar-refractivity contribution is 6.80. The topological polar surface area (TPSA) is 132 Å². The standard InChI is InChI=1S/C46H56N2O9Si2/c1-51-58(3,29-13-9-5-7-11-27-53-39-23-15-19-35(31-39)41-33-37-21-17-25-47-43(37)55-45(41)49)57-59(4,52-2)30-14-10-6-8-12-28-54-40-24-16-20-36(32-40)42-34-38-22-18-26-48-44(38)56-46(42)50/h15-26,31-34H,5-14,27-30H2,1-4H3. The van der Waals surface area contributed by atoms with Gasteiger partial charge in [0, 0.05) is 37.4 Å². The summed E-state index contributed by atoms with van der Waals surface area (Å²) in [6, 6.07) is 28.1. The molecule has 0 saturated heterocycles. The van der Waals surface area contributed by atoms with Crippen molar-refractivity contribution in [1.29, 1.82) is 0 Å². The first-order chi connectivity index (χ1) is 28.7. The summed E-state index contributed by atoms with van der Waals surface area (Å²) in [5, 5.41) is 1.56. The van der Waals surface area contributed by atoms with E-state index in [1.165, 1.54) is 0 Å². The predicted octanol–water partition coefficient (Wildman–Crippen LogP) is 10.8. The monoisotopic (exact) mass is 836 g/mol. The average Bonchev–Trinajstić information content (AvgIpc) is 3.25. The first-order valence-electron chi connectivity index (χ1n) is 20.7. The maximum atomic E-state index is 12.6. The van der Waals surface area contributed by atoms with Gasteiger partial charge in [0.25, 0.3) is 0 Å². The quantitative estimate of drug-likeness (QED) is 0.0426. The molecule has 0 fully saturated rings. The third kappa shape index (κ3) is 12.5. The van der Waals surface area contributed by atoms with Crippen LogP contribution in [0.1, 0.15) is 64.2 Å². The highest BCUT2D eigenvalue weighted by Gasteiger charge is 2.41. The average molecular weight is 837 g/mol. The van der Waals surface area contributed by atoms with E-state index < -0.39 is 28.4 Å². The van der Waals surface area contributed by atoms with Crippen LogP contribution >= 0.6 is 0 Å². The normalized spacial score (nSPS) is 13.6. The van der Waals surface area contributed by atoms with Crippen LogP contribution in [0.2, 0.25) is 25.2 Å². The molecule has 0 saturated carbocycles. The second-order valence-corrected chi connectivity index (χ2v) is 22.4. The van der Waals surface area contributed by atoms with Crippen LogP contribution < -0.4 is 20.7 Å². The molecule has 4 heterocycles. The van der Waals surface area contributed by atoms with E-state index in [0.717, 1.165) is 110 Å². The number of fused-ring (bicyclic) bond motifs is 2. The van der Waals surface area contributed by atoms with Crippen LogP contribution in [0, 0.1) is 0 Å². The number of hydrogen-bond acceptors (Lipinski definition) is 11. The fraction of sp³-hybridized carbons (Fsp3) is 0.391. The van der Waals surface area contributed by atoms with Crippen LogP contribution in [0.3, 0.4) is 0 Å². The maximum Gasteiger partial charge on any atom is 0.345 e. The van der Waals surface area contributed by atoms with Crippen molar-refractivity contribution in [2.45, 2.75) is 89.4 Å². The summed E-state index contributed by atoms with van der Waals surface area (Å²) in [6.45, 7) is 5.56. The van der Waals surface area contributed by atoms with Crippen molar-refractivity contribution in [1.82, 2.24) is 9.97 Å². The molecular formula is C46H56N2O9Si2. The molecule has 0 aliphatic heterocycles. The lowest BCUT2D eigenvalue weighted by Crippen LogP contribution is -2.51. The molecule has 2 aromatic carbocycles. The largest absolute Gasteiger partial charge is 0.494 e. The molecule has 59 heavy (non-hydrogen) atoms. The molecule has 2 unspecified atom stereocenters. The SMILES string of the molecule is CO[Si](C)(CCCCCCCOc1cccc(-c2cc3cccnc3oc2=O)c1)O[Si](C)(CCCCCCCOc1cccc(-c2cc3cccnc3oc2=O)c1)OC. The van der Waals surface area contributed by atoms with Gasteiger partial charge in [-0.2, -0.15) is 0 Å². The summed E-state index contributed by atoms with van der Waals surface area (Å²) in [4.78, 5) is 33.5. The van der Waals surface area contributed by atoms with Gasteiger partial charge in [-0.15, -0.1) is 0 Å². The third-order valence-corrected chi connectivity index (χ3v) is 18.4. The van der Waals surface area contributed by atoms with Gasteiger partial charge in [0.05, 0.1) is 24.3 Å². The van der Waals surface area contributed by atoms with E-state index in [9.17, 15) is 9.59 Å². The van der Waals surface area contributed by atoms with Crippen LogP contribution in [0.5, 0.6) is 11.5 Å². The van der Waals surface area contributed by atoms with Gasteiger partial charge in [-0.1, -0.05) is 75.6 Å². The van der Waals surface area contributed by atoms with E-state index in [0.29, 0.717) is 35.8 Å². The molecular weight excluding hydrogens is 781 g/mol. The van der Waals surface area contributed by atoms with Crippen LogP contribution in [0.25, 0.3) is 44.5 Å². The van der Waals surface area contributed by atoms with Crippen molar-refractivity contribution in [3.63, 3.8) is 0 Å². The number of unbranched alkanes of at least 4 members (excludes halogenated alkanes) is 8. The minimum absolute atomic E-state index is 0.333. The number of hydrogen-bond donors (Lipinski definition) is 0. The molecule has 6 rings (SSSR count). The minimum atomic E-state index is -2.37. The molecule has 4 aromatic heterocycles. The van der Waals surface area contributed by atoms with Gasteiger partial charge in [-0.05, 0) is 110 Å². The van der Waals surface area contributed by atoms with Crippen LogP contribution in [-0.2, 0) is 13.0 Å². The van der Waals surface area contributed by atoms with Crippen LogP contribution in [0.15, 0.2) is 116 Å². The molecule has 0 spiro atoms. The second kappa shape index (κ2) is 21.4. The Hall–Kier alpha value is -4.93. The van der Waals surface area contributed by atoms with Crippen molar-refractivity contribution < 1.29 is 31.3 Å². The highest BCUT2D eigenvalue weighted by atomic mass is 28.5. The van der Waals surface area contributed by atoms with E-state index in [-0.39, 0.29) is 0 Å². The second-order valence-electron chi connectivity index (χ2n) is 15.3. The molecule has 0 aliphatic carbocycles. The van der Waals surface area contributed by atoms with E-state index in [1.54, 1.807) is 26.6 Å². The predicted molar refractivity (Wildman–Crippen MR) is 237 cm³/mol. The van der Waals surface area contributed by atoms with Gasteiger partial charge in [0.1, 0.15) is 11.5 Å². The number of rotatable bonds is 24. The smallest absolute Gasteiger partial charge is 0.345 e. The number of nitrogens with zero attached hydrogens (tertiary/aromatic N) is 2. The van der Waals surface area contributed by atoms with Crippen LogP contribution in [-0.4, -0.2) is 54.5 Å². The van der Waals surface area contributed by atoms with Gasteiger partial charge >= 0.3 is 28.4 Å². The summed E-state index contributed by atoms with van der Waals surface area (Å²) >= 11 is 0. The zero-order chi connectivity index (χ0) is 41.5. The van der Waals surface area contributed by atoms with E-state index in [4.69, 9.17) is 31.3 Å². The Morgan fingerprint density at radius 2 is 0.949 bits per heavy atom. The summed E-state index contributed by atoms with van der Waals surface area (Å²) < 4.78 is 41.8. The van der Waals surface area contributed by atoms with E-state index in [2.05, 4.69) is 23.1 Å². The van der Waals surface area contributed by atoms with Crippen molar-refractivity contribution in [3.05, 3.63) is 118 Å². The molecule has 11 nitrogen and oxygen atoms in total. The molecule has 0 amide bonds. The lowest BCUT2D eigenvalue weighted by atomic mass is 10.1. The Bertz CT molecular complexity index is 2220. The Balaban J connectivity index is 0.831. The Kier molecular flexibility index (Phi) is 15.8. The first kappa shape index (κ1) is 43.6. The van der Waals surface area contributed by atoms with Crippen molar-refractivity contribution in [2.24, 2.45) is 0 Å². The van der Waals surface area contributed by atoms with E-state index >= 15 is 0 Å². The number of benzene rings is 2. The molecule has 0 radical (unpaired) electrons. The summed E-state index contributed by atoms with van der Waals surface area (Å²) in [5.74, 6) is 1.47. The summed E-state index contributed by atoms with van der Waals surface area (Å²) in [7, 11) is -1.19. The van der Waals surface area contributed by atoms with E-state index in [1.807, 2.05) is 84.9 Å². The molecule has 0 aliphatic rings. The molecule has 6 aromatic rings.